The zero-order valence-electron chi connectivity index (χ0n) is 12.2. The average molecular weight is 276 g/mol. The van der Waals surface area contributed by atoms with Gasteiger partial charge in [0.2, 0.25) is 0 Å². The SMILES string of the molecule is Cc1ccccc1OCCCNC(=O)N1CCCCC1. The summed E-state index contributed by atoms with van der Waals surface area (Å²) in [5.74, 6) is 0.926. The third kappa shape index (κ3) is 4.44. The molecule has 1 aromatic rings. The van der Waals surface area contributed by atoms with Gasteiger partial charge in [0.25, 0.3) is 0 Å². The van der Waals surface area contributed by atoms with Gasteiger partial charge in [0, 0.05) is 19.6 Å². The van der Waals surface area contributed by atoms with Crippen molar-refractivity contribution in [1.29, 1.82) is 0 Å². The van der Waals surface area contributed by atoms with Crippen LogP contribution in [0, 0.1) is 6.92 Å². The highest BCUT2D eigenvalue weighted by atomic mass is 16.5. The highest BCUT2D eigenvalue weighted by Crippen LogP contribution is 2.16. The Labute approximate surface area is 121 Å². The van der Waals surface area contributed by atoms with E-state index in [1.807, 2.05) is 36.1 Å². The summed E-state index contributed by atoms with van der Waals surface area (Å²) in [7, 11) is 0. The Morgan fingerprint density at radius 1 is 1.25 bits per heavy atom. The lowest BCUT2D eigenvalue weighted by atomic mass is 10.1. The standard InChI is InChI=1S/C16H24N2O2/c1-14-8-3-4-9-15(14)20-13-7-10-17-16(19)18-11-5-2-6-12-18/h3-4,8-9H,2,5-7,10-13H2,1H3,(H,17,19). The van der Waals surface area contributed by atoms with Crippen LogP contribution in [-0.2, 0) is 0 Å². The van der Waals surface area contributed by atoms with E-state index >= 15 is 0 Å². The molecule has 1 heterocycles. The lowest BCUT2D eigenvalue weighted by Crippen LogP contribution is -2.43. The number of piperidine rings is 1. The summed E-state index contributed by atoms with van der Waals surface area (Å²) >= 11 is 0. The predicted octanol–water partition coefficient (Wildman–Crippen LogP) is 2.96. The number of ether oxygens (including phenoxy) is 1. The molecule has 1 aliphatic rings. The van der Waals surface area contributed by atoms with Crippen molar-refractivity contribution in [3.05, 3.63) is 29.8 Å². The molecule has 2 rings (SSSR count). The zero-order valence-corrected chi connectivity index (χ0v) is 12.2. The number of urea groups is 1. The quantitative estimate of drug-likeness (QED) is 0.840. The number of nitrogens with one attached hydrogen (secondary N) is 1. The largest absolute Gasteiger partial charge is 0.493 e. The summed E-state index contributed by atoms with van der Waals surface area (Å²) in [4.78, 5) is 13.8. The smallest absolute Gasteiger partial charge is 0.317 e. The number of para-hydroxylation sites is 1. The minimum Gasteiger partial charge on any atom is -0.493 e. The Bertz CT molecular complexity index is 428. The van der Waals surface area contributed by atoms with Crippen LogP contribution in [0.15, 0.2) is 24.3 Å². The van der Waals surface area contributed by atoms with Crippen LogP contribution in [0.25, 0.3) is 0 Å². The molecule has 0 bridgehead atoms. The van der Waals surface area contributed by atoms with Gasteiger partial charge in [0.05, 0.1) is 6.61 Å². The molecule has 1 fully saturated rings. The van der Waals surface area contributed by atoms with E-state index in [-0.39, 0.29) is 6.03 Å². The second-order valence-corrected chi connectivity index (χ2v) is 5.25. The van der Waals surface area contributed by atoms with Gasteiger partial charge in [-0.05, 0) is 44.2 Å². The third-order valence-corrected chi connectivity index (χ3v) is 3.59. The fourth-order valence-corrected chi connectivity index (χ4v) is 2.38. The van der Waals surface area contributed by atoms with Crippen LogP contribution in [-0.4, -0.2) is 37.2 Å². The minimum absolute atomic E-state index is 0.0700. The topological polar surface area (TPSA) is 41.6 Å². The Hall–Kier alpha value is -1.71. The number of likely N-dealkylation sites (tertiary alicyclic amines) is 1. The van der Waals surface area contributed by atoms with Crippen molar-refractivity contribution in [1.82, 2.24) is 10.2 Å². The second-order valence-electron chi connectivity index (χ2n) is 5.25. The van der Waals surface area contributed by atoms with E-state index in [2.05, 4.69) is 5.32 Å². The van der Waals surface area contributed by atoms with E-state index in [4.69, 9.17) is 4.74 Å². The van der Waals surface area contributed by atoms with Crippen molar-refractivity contribution in [2.45, 2.75) is 32.6 Å². The summed E-state index contributed by atoms with van der Waals surface area (Å²) in [6, 6.07) is 8.05. The van der Waals surface area contributed by atoms with Crippen LogP contribution in [0.2, 0.25) is 0 Å². The summed E-state index contributed by atoms with van der Waals surface area (Å²) in [6.07, 6.45) is 4.33. The Kier molecular flexibility index (Phi) is 5.71. The molecule has 1 aliphatic heterocycles. The lowest BCUT2D eigenvalue weighted by Gasteiger charge is -2.26. The molecule has 0 saturated carbocycles. The number of nitrogens with zero attached hydrogens (tertiary/aromatic N) is 1. The maximum Gasteiger partial charge on any atom is 0.317 e. The first kappa shape index (κ1) is 14.7. The summed E-state index contributed by atoms with van der Waals surface area (Å²) in [5.41, 5.74) is 1.14. The fourth-order valence-electron chi connectivity index (χ4n) is 2.38. The lowest BCUT2D eigenvalue weighted by molar-refractivity contribution is 0.185. The van der Waals surface area contributed by atoms with Gasteiger partial charge in [-0.25, -0.2) is 4.79 Å². The maximum absolute atomic E-state index is 11.9. The monoisotopic (exact) mass is 276 g/mol. The van der Waals surface area contributed by atoms with E-state index in [0.29, 0.717) is 13.2 Å². The number of benzene rings is 1. The van der Waals surface area contributed by atoms with Crippen LogP contribution in [0.5, 0.6) is 5.75 Å². The first-order chi connectivity index (χ1) is 9.77. The zero-order chi connectivity index (χ0) is 14.2. The number of rotatable bonds is 5. The van der Waals surface area contributed by atoms with Gasteiger partial charge in [0.1, 0.15) is 5.75 Å². The van der Waals surface area contributed by atoms with Crippen molar-refractivity contribution in [3.63, 3.8) is 0 Å². The van der Waals surface area contributed by atoms with E-state index in [1.165, 1.54) is 6.42 Å². The van der Waals surface area contributed by atoms with Gasteiger partial charge in [-0.3, -0.25) is 0 Å². The maximum atomic E-state index is 11.9. The van der Waals surface area contributed by atoms with Crippen molar-refractivity contribution >= 4 is 6.03 Å². The molecule has 110 valence electrons. The molecule has 0 atom stereocenters. The molecule has 0 unspecified atom stereocenters. The average Bonchev–Trinajstić information content (AvgIpc) is 2.49. The molecule has 0 radical (unpaired) electrons. The van der Waals surface area contributed by atoms with Crippen LogP contribution in [0.1, 0.15) is 31.2 Å². The molecule has 0 spiro atoms. The normalized spacial score (nSPS) is 14.9. The van der Waals surface area contributed by atoms with Gasteiger partial charge in [-0.1, -0.05) is 18.2 Å². The number of hydrogen-bond acceptors (Lipinski definition) is 2. The first-order valence-electron chi connectivity index (χ1n) is 7.48. The minimum atomic E-state index is 0.0700. The highest BCUT2D eigenvalue weighted by molar-refractivity contribution is 5.74. The Morgan fingerprint density at radius 3 is 2.75 bits per heavy atom. The first-order valence-corrected chi connectivity index (χ1v) is 7.48. The van der Waals surface area contributed by atoms with E-state index in [9.17, 15) is 4.79 Å². The molecule has 2 amide bonds. The van der Waals surface area contributed by atoms with Crippen LogP contribution in [0.3, 0.4) is 0 Å². The molecule has 4 nitrogen and oxygen atoms in total. The summed E-state index contributed by atoms with van der Waals surface area (Å²) < 4.78 is 5.70. The molecule has 1 saturated heterocycles. The number of hydrogen-bond donors (Lipinski definition) is 1. The van der Waals surface area contributed by atoms with Gasteiger partial charge in [0.15, 0.2) is 0 Å². The molecule has 0 aromatic heterocycles. The highest BCUT2D eigenvalue weighted by Gasteiger charge is 2.15. The van der Waals surface area contributed by atoms with Gasteiger partial charge < -0.3 is 15.0 Å². The molecular formula is C16H24N2O2. The number of amides is 2. The van der Waals surface area contributed by atoms with Crippen LogP contribution in [0.4, 0.5) is 4.79 Å². The van der Waals surface area contributed by atoms with Crippen molar-refractivity contribution < 1.29 is 9.53 Å². The Balaban J connectivity index is 1.59. The van der Waals surface area contributed by atoms with Crippen molar-refractivity contribution in [2.24, 2.45) is 0 Å². The van der Waals surface area contributed by atoms with Crippen LogP contribution >= 0.6 is 0 Å². The number of carbonyl (C=O) groups is 1. The van der Waals surface area contributed by atoms with E-state index < -0.39 is 0 Å². The number of aryl methyl sites for hydroxylation is 1. The Morgan fingerprint density at radius 2 is 2.00 bits per heavy atom. The molecule has 1 aromatic carbocycles. The van der Waals surface area contributed by atoms with Gasteiger partial charge in [-0.2, -0.15) is 0 Å². The summed E-state index contributed by atoms with van der Waals surface area (Å²) in [5, 5.41) is 2.96. The molecule has 1 N–H and O–H groups in total. The van der Waals surface area contributed by atoms with Gasteiger partial charge in [-0.15, -0.1) is 0 Å². The van der Waals surface area contributed by atoms with Crippen LogP contribution < -0.4 is 10.1 Å². The molecule has 0 aliphatic carbocycles. The van der Waals surface area contributed by atoms with Crippen molar-refractivity contribution in [2.75, 3.05) is 26.2 Å². The molecular weight excluding hydrogens is 252 g/mol. The molecule has 20 heavy (non-hydrogen) atoms. The molecule has 4 heteroatoms. The van der Waals surface area contributed by atoms with Gasteiger partial charge >= 0.3 is 6.03 Å². The third-order valence-electron chi connectivity index (χ3n) is 3.59. The van der Waals surface area contributed by atoms with E-state index in [0.717, 1.165) is 43.7 Å². The number of carbonyl (C=O) groups excluding carboxylic acids is 1. The summed E-state index contributed by atoms with van der Waals surface area (Å²) in [6.45, 7) is 5.12. The second kappa shape index (κ2) is 7.78. The fraction of sp³-hybridized carbons (Fsp3) is 0.562. The van der Waals surface area contributed by atoms with E-state index in [1.54, 1.807) is 0 Å². The predicted molar refractivity (Wildman–Crippen MR) is 80.1 cm³/mol. The van der Waals surface area contributed by atoms with Crippen molar-refractivity contribution in [3.8, 4) is 5.75 Å².